The maximum absolute atomic E-state index is 5.51. The molecular formula is C17H21N3O. The molecule has 3 rings (SSSR count). The molecule has 1 atom stereocenters. The second-order valence-corrected chi connectivity index (χ2v) is 5.30. The largest absolute Gasteiger partial charge is 0.494 e. The van der Waals surface area contributed by atoms with Gasteiger partial charge in [0.05, 0.1) is 13.2 Å². The van der Waals surface area contributed by atoms with Gasteiger partial charge in [-0.1, -0.05) is 12.1 Å². The molecule has 0 radical (unpaired) electrons. The molecule has 4 heteroatoms. The summed E-state index contributed by atoms with van der Waals surface area (Å²) in [4.78, 5) is 11.1. The second kappa shape index (κ2) is 6.68. The van der Waals surface area contributed by atoms with Gasteiger partial charge < -0.3 is 4.74 Å². The highest BCUT2D eigenvalue weighted by Crippen LogP contribution is 2.33. The van der Waals surface area contributed by atoms with E-state index < -0.39 is 0 Å². The van der Waals surface area contributed by atoms with Crippen LogP contribution in [-0.4, -0.2) is 28.0 Å². The normalized spacial score (nSPS) is 18.8. The molecule has 0 saturated carbocycles. The second-order valence-electron chi connectivity index (χ2n) is 5.30. The molecule has 2 aromatic rings. The van der Waals surface area contributed by atoms with Crippen LogP contribution in [0.15, 0.2) is 42.7 Å². The van der Waals surface area contributed by atoms with E-state index in [-0.39, 0.29) is 0 Å². The lowest BCUT2D eigenvalue weighted by Crippen LogP contribution is -2.23. The molecule has 1 aliphatic rings. The number of hydrogen-bond donors (Lipinski definition) is 0. The molecule has 0 N–H and O–H groups in total. The first kappa shape index (κ1) is 14.0. The molecule has 0 spiro atoms. The average Bonchev–Trinajstić information content (AvgIpc) is 2.98. The SMILES string of the molecule is CCOc1ccc(C2CCCN2Cc2ncccn2)cc1. The minimum atomic E-state index is 0.462. The van der Waals surface area contributed by atoms with Crippen LogP contribution in [0.3, 0.4) is 0 Å². The van der Waals surface area contributed by atoms with E-state index in [9.17, 15) is 0 Å². The van der Waals surface area contributed by atoms with Crippen LogP contribution in [0.25, 0.3) is 0 Å². The summed E-state index contributed by atoms with van der Waals surface area (Å²) in [6.45, 7) is 4.64. The third kappa shape index (κ3) is 3.39. The lowest BCUT2D eigenvalue weighted by Gasteiger charge is -2.24. The molecule has 1 fully saturated rings. The van der Waals surface area contributed by atoms with Gasteiger partial charge in [-0.3, -0.25) is 4.90 Å². The van der Waals surface area contributed by atoms with Gasteiger partial charge in [-0.05, 0) is 50.1 Å². The number of hydrogen-bond acceptors (Lipinski definition) is 4. The van der Waals surface area contributed by atoms with Crippen LogP contribution in [0.5, 0.6) is 5.75 Å². The Balaban J connectivity index is 1.71. The van der Waals surface area contributed by atoms with Crippen LogP contribution in [0.1, 0.15) is 37.2 Å². The zero-order valence-electron chi connectivity index (χ0n) is 12.4. The van der Waals surface area contributed by atoms with E-state index in [0.29, 0.717) is 12.6 Å². The zero-order chi connectivity index (χ0) is 14.5. The fourth-order valence-corrected chi connectivity index (χ4v) is 2.94. The Morgan fingerprint density at radius 1 is 1.19 bits per heavy atom. The highest BCUT2D eigenvalue weighted by Gasteiger charge is 2.26. The molecule has 1 saturated heterocycles. The van der Waals surface area contributed by atoms with Crippen molar-refractivity contribution < 1.29 is 4.74 Å². The number of ether oxygens (including phenoxy) is 1. The standard InChI is InChI=1S/C17H21N3O/c1-2-21-15-8-6-14(7-9-15)16-5-3-12-20(16)13-17-18-10-4-11-19-17/h4,6-11,16H,2-3,5,12-13H2,1H3. The van der Waals surface area contributed by atoms with Crippen molar-refractivity contribution >= 4 is 0 Å². The summed E-state index contributed by atoms with van der Waals surface area (Å²) in [6, 6.07) is 10.8. The van der Waals surface area contributed by atoms with Crippen LogP contribution in [0, 0.1) is 0 Å². The molecule has 0 amide bonds. The van der Waals surface area contributed by atoms with Crippen molar-refractivity contribution in [2.45, 2.75) is 32.4 Å². The molecule has 2 heterocycles. The van der Waals surface area contributed by atoms with E-state index in [1.54, 1.807) is 0 Å². The maximum Gasteiger partial charge on any atom is 0.142 e. The Kier molecular flexibility index (Phi) is 4.46. The lowest BCUT2D eigenvalue weighted by atomic mass is 10.0. The van der Waals surface area contributed by atoms with Crippen molar-refractivity contribution in [1.29, 1.82) is 0 Å². The first-order valence-electron chi connectivity index (χ1n) is 7.59. The van der Waals surface area contributed by atoms with Crippen molar-refractivity contribution in [3.05, 3.63) is 54.1 Å². The van der Waals surface area contributed by atoms with Gasteiger partial charge in [0.25, 0.3) is 0 Å². The van der Waals surface area contributed by atoms with Crippen LogP contribution in [0.2, 0.25) is 0 Å². The van der Waals surface area contributed by atoms with Crippen molar-refractivity contribution in [3.63, 3.8) is 0 Å². The molecule has 1 aromatic carbocycles. The number of aromatic nitrogens is 2. The van der Waals surface area contributed by atoms with E-state index in [4.69, 9.17) is 4.74 Å². The van der Waals surface area contributed by atoms with E-state index in [1.165, 1.54) is 18.4 Å². The number of benzene rings is 1. The Hall–Kier alpha value is -1.94. The van der Waals surface area contributed by atoms with E-state index >= 15 is 0 Å². The van der Waals surface area contributed by atoms with Crippen molar-refractivity contribution in [1.82, 2.24) is 14.9 Å². The Labute approximate surface area is 125 Å². The van der Waals surface area contributed by atoms with Gasteiger partial charge in [0, 0.05) is 18.4 Å². The fraction of sp³-hybridized carbons (Fsp3) is 0.412. The Morgan fingerprint density at radius 2 is 1.95 bits per heavy atom. The van der Waals surface area contributed by atoms with Crippen molar-refractivity contribution in [2.75, 3.05) is 13.2 Å². The Morgan fingerprint density at radius 3 is 2.67 bits per heavy atom. The zero-order valence-corrected chi connectivity index (χ0v) is 12.4. The summed E-state index contributed by atoms with van der Waals surface area (Å²) >= 11 is 0. The van der Waals surface area contributed by atoms with Crippen LogP contribution in [0.4, 0.5) is 0 Å². The van der Waals surface area contributed by atoms with Gasteiger partial charge in [-0.25, -0.2) is 9.97 Å². The van der Waals surface area contributed by atoms with Gasteiger partial charge in [0.15, 0.2) is 0 Å². The molecule has 4 nitrogen and oxygen atoms in total. The molecule has 0 aliphatic carbocycles. The molecule has 1 aromatic heterocycles. The van der Waals surface area contributed by atoms with E-state index in [0.717, 1.165) is 24.7 Å². The smallest absolute Gasteiger partial charge is 0.142 e. The predicted molar refractivity (Wildman–Crippen MR) is 82.0 cm³/mol. The fourth-order valence-electron chi connectivity index (χ4n) is 2.94. The summed E-state index contributed by atoms with van der Waals surface area (Å²) in [5.41, 5.74) is 1.35. The van der Waals surface area contributed by atoms with Gasteiger partial charge >= 0.3 is 0 Å². The van der Waals surface area contributed by atoms with Gasteiger partial charge in [0.2, 0.25) is 0 Å². The molecule has 110 valence electrons. The van der Waals surface area contributed by atoms with Crippen LogP contribution < -0.4 is 4.74 Å². The predicted octanol–water partition coefficient (Wildman–Crippen LogP) is 3.21. The third-order valence-electron chi connectivity index (χ3n) is 3.90. The molecule has 21 heavy (non-hydrogen) atoms. The first-order chi connectivity index (χ1) is 10.4. The topological polar surface area (TPSA) is 38.2 Å². The molecule has 0 bridgehead atoms. The number of nitrogens with zero attached hydrogens (tertiary/aromatic N) is 3. The maximum atomic E-state index is 5.51. The minimum Gasteiger partial charge on any atom is -0.494 e. The summed E-state index contributed by atoms with van der Waals surface area (Å²) in [6.07, 6.45) is 6.04. The summed E-state index contributed by atoms with van der Waals surface area (Å²) < 4.78 is 5.51. The number of rotatable bonds is 5. The molecular weight excluding hydrogens is 262 g/mol. The van der Waals surface area contributed by atoms with E-state index in [1.807, 2.05) is 25.4 Å². The Bertz CT molecular complexity index is 556. The average molecular weight is 283 g/mol. The van der Waals surface area contributed by atoms with Crippen LogP contribution in [-0.2, 0) is 6.54 Å². The highest BCUT2D eigenvalue weighted by molar-refractivity contribution is 5.29. The number of likely N-dealkylation sites (tertiary alicyclic amines) is 1. The van der Waals surface area contributed by atoms with Gasteiger partial charge in [-0.2, -0.15) is 0 Å². The van der Waals surface area contributed by atoms with Crippen LogP contribution >= 0.6 is 0 Å². The molecule has 1 aliphatic heterocycles. The lowest BCUT2D eigenvalue weighted by molar-refractivity contribution is 0.242. The minimum absolute atomic E-state index is 0.462. The summed E-state index contributed by atoms with van der Waals surface area (Å²) in [5.74, 6) is 1.84. The first-order valence-corrected chi connectivity index (χ1v) is 7.59. The van der Waals surface area contributed by atoms with Gasteiger partial charge in [-0.15, -0.1) is 0 Å². The van der Waals surface area contributed by atoms with Gasteiger partial charge in [0.1, 0.15) is 11.6 Å². The quantitative estimate of drug-likeness (QED) is 0.844. The monoisotopic (exact) mass is 283 g/mol. The third-order valence-corrected chi connectivity index (χ3v) is 3.90. The molecule has 1 unspecified atom stereocenters. The van der Waals surface area contributed by atoms with Crippen molar-refractivity contribution in [2.24, 2.45) is 0 Å². The van der Waals surface area contributed by atoms with Crippen molar-refractivity contribution in [3.8, 4) is 5.75 Å². The van der Waals surface area contributed by atoms with E-state index in [2.05, 4.69) is 39.1 Å². The summed E-state index contributed by atoms with van der Waals surface area (Å²) in [7, 11) is 0. The summed E-state index contributed by atoms with van der Waals surface area (Å²) in [5, 5.41) is 0. The highest BCUT2D eigenvalue weighted by atomic mass is 16.5.